The highest BCUT2D eigenvalue weighted by Gasteiger charge is 2.19. The summed E-state index contributed by atoms with van der Waals surface area (Å²) in [5.41, 5.74) is 6.27. The molecule has 24 heavy (non-hydrogen) atoms. The third-order valence-corrected chi connectivity index (χ3v) is 5.63. The Kier molecular flexibility index (Phi) is 6.12. The second-order valence-corrected chi connectivity index (χ2v) is 7.93. The molecule has 3 aliphatic rings. The Hall–Kier alpha value is -1.56. The lowest BCUT2D eigenvalue weighted by atomic mass is 9.78. The summed E-state index contributed by atoms with van der Waals surface area (Å²) in [7, 11) is 0. The lowest BCUT2D eigenvalue weighted by Crippen LogP contribution is -2.16. The lowest BCUT2D eigenvalue weighted by molar-refractivity contribution is 0.233. The molecule has 0 saturated heterocycles. The number of rotatable bonds is 0. The minimum absolute atomic E-state index is 1.04. The molecule has 5 rings (SSSR count). The van der Waals surface area contributed by atoms with Gasteiger partial charge >= 0.3 is 0 Å². The van der Waals surface area contributed by atoms with Crippen LogP contribution in [0.5, 0.6) is 0 Å². The number of hydrogen-bond donors (Lipinski definition) is 0. The molecule has 128 valence electrons. The first-order valence-corrected chi connectivity index (χ1v) is 9.86. The van der Waals surface area contributed by atoms with Gasteiger partial charge in [-0.05, 0) is 85.5 Å². The predicted molar refractivity (Wildman–Crippen MR) is 104 cm³/mol. The molecule has 0 unspecified atom stereocenters. The van der Waals surface area contributed by atoms with Gasteiger partial charge in [0.2, 0.25) is 0 Å². The van der Waals surface area contributed by atoms with E-state index >= 15 is 0 Å². The van der Waals surface area contributed by atoms with Crippen LogP contribution in [0.3, 0.4) is 0 Å². The van der Waals surface area contributed by atoms with Crippen molar-refractivity contribution >= 4 is 0 Å². The summed E-state index contributed by atoms with van der Waals surface area (Å²) in [6.07, 6.45) is 10.9. The lowest BCUT2D eigenvalue weighted by Gasteiger charge is -2.28. The van der Waals surface area contributed by atoms with Crippen molar-refractivity contribution in [2.45, 2.75) is 65.2 Å². The normalized spacial score (nSPS) is 22.9. The number of benzene rings is 2. The van der Waals surface area contributed by atoms with Gasteiger partial charge in [-0.25, -0.2) is 0 Å². The summed E-state index contributed by atoms with van der Waals surface area (Å²) >= 11 is 0. The Morgan fingerprint density at radius 3 is 1.04 bits per heavy atom. The molecule has 2 aromatic rings. The van der Waals surface area contributed by atoms with Gasteiger partial charge in [0.25, 0.3) is 0 Å². The van der Waals surface area contributed by atoms with Crippen LogP contribution < -0.4 is 0 Å². The van der Waals surface area contributed by atoms with Crippen molar-refractivity contribution in [2.24, 2.45) is 11.8 Å². The van der Waals surface area contributed by atoms with Crippen molar-refractivity contribution in [1.82, 2.24) is 0 Å². The first-order chi connectivity index (χ1) is 11.7. The van der Waals surface area contributed by atoms with E-state index in [0.717, 1.165) is 11.8 Å². The van der Waals surface area contributed by atoms with Gasteiger partial charge in [-0.3, -0.25) is 0 Å². The number of hydrogen-bond acceptors (Lipinski definition) is 0. The van der Waals surface area contributed by atoms with Crippen LogP contribution >= 0.6 is 0 Å². The van der Waals surface area contributed by atoms with Crippen LogP contribution in [0.25, 0.3) is 0 Å². The molecule has 1 fully saturated rings. The monoisotopic (exact) mass is 320 g/mol. The Morgan fingerprint density at radius 2 is 0.833 bits per heavy atom. The maximum atomic E-state index is 2.32. The van der Waals surface area contributed by atoms with Gasteiger partial charge in [0, 0.05) is 0 Å². The summed E-state index contributed by atoms with van der Waals surface area (Å²) in [5, 5.41) is 0. The molecule has 0 radical (unpaired) electrons. The highest BCUT2D eigenvalue weighted by Crippen LogP contribution is 2.31. The molecule has 0 bridgehead atoms. The van der Waals surface area contributed by atoms with Crippen LogP contribution in [-0.4, -0.2) is 0 Å². The van der Waals surface area contributed by atoms with Gasteiger partial charge in [0.05, 0.1) is 0 Å². The predicted octanol–water partition coefficient (Wildman–Crippen LogP) is 6.40. The van der Waals surface area contributed by atoms with Gasteiger partial charge in [-0.2, -0.15) is 0 Å². The molecular formula is C24H32. The molecule has 0 spiro atoms. The van der Waals surface area contributed by atoms with E-state index in [2.05, 4.69) is 62.4 Å². The molecule has 1 saturated carbocycles. The maximum absolute atomic E-state index is 2.32. The topological polar surface area (TPSA) is 0 Å². The fourth-order valence-corrected chi connectivity index (χ4v) is 4.33. The van der Waals surface area contributed by atoms with Crippen molar-refractivity contribution < 1.29 is 0 Å². The van der Waals surface area contributed by atoms with E-state index in [0.29, 0.717) is 0 Å². The van der Waals surface area contributed by atoms with Crippen LogP contribution in [0.15, 0.2) is 48.5 Å². The molecule has 0 aliphatic heterocycles. The van der Waals surface area contributed by atoms with Crippen LogP contribution in [-0.2, 0) is 25.7 Å². The minimum atomic E-state index is 1.04. The van der Waals surface area contributed by atoms with E-state index in [1.807, 2.05) is 0 Å². The summed E-state index contributed by atoms with van der Waals surface area (Å²) in [6.45, 7) is 4.64. The third kappa shape index (κ3) is 4.72. The highest BCUT2D eigenvalue weighted by atomic mass is 14.3. The zero-order valence-corrected chi connectivity index (χ0v) is 15.4. The highest BCUT2D eigenvalue weighted by molar-refractivity contribution is 5.31. The molecule has 0 N–H and O–H groups in total. The molecule has 0 heterocycles. The van der Waals surface area contributed by atoms with Gasteiger partial charge in [-0.1, -0.05) is 62.4 Å². The Balaban J connectivity index is 0.000000108. The van der Waals surface area contributed by atoms with E-state index in [9.17, 15) is 0 Å². The van der Waals surface area contributed by atoms with Crippen molar-refractivity contribution in [3.8, 4) is 0 Å². The van der Waals surface area contributed by atoms with Crippen molar-refractivity contribution in [3.05, 3.63) is 70.8 Å². The first kappa shape index (κ1) is 17.3. The summed E-state index contributed by atoms with van der Waals surface area (Å²) in [4.78, 5) is 0. The summed E-state index contributed by atoms with van der Waals surface area (Å²) < 4.78 is 0. The number of aryl methyl sites for hydroxylation is 4. The molecule has 3 aliphatic carbocycles. The quantitative estimate of drug-likeness (QED) is 0.526. The van der Waals surface area contributed by atoms with Crippen molar-refractivity contribution in [1.29, 1.82) is 0 Å². The van der Waals surface area contributed by atoms with E-state index < -0.39 is 0 Å². The Labute approximate surface area is 148 Å². The van der Waals surface area contributed by atoms with Crippen LogP contribution in [0.1, 0.15) is 61.8 Å². The van der Waals surface area contributed by atoms with Gasteiger partial charge in [0.15, 0.2) is 0 Å². The van der Waals surface area contributed by atoms with Crippen molar-refractivity contribution in [3.63, 3.8) is 0 Å². The van der Waals surface area contributed by atoms with E-state index in [-0.39, 0.29) is 0 Å². The van der Waals surface area contributed by atoms with E-state index in [1.54, 1.807) is 22.3 Å². The molecule has 0 amide bonds. The van der Waals surface area contributed by atoms with Gasteiger partial charge in [0.1, 0.15) is 0 Å². The first-order valence-electron chi connectivity index (χ1n) is 9.86. The summed E-state index contributed by atoms with van der Waals surface area (Å²) in [5.74, 6) is 2.08. The second-order valence-electron chi connectivity index (χ2n) is 7.93. The van der Waals surface area contributed by atoms with Crippen LogP contribution in [0, 0.1) is 11.8 Å². The van der Waals surface area contributed by atoms with Gasteiger partial charge < -0.3 is 0 Å². The Bertz CT molecular complexity index is 532. The van der Waals surface area contributed by atoms with Crippen molar-refractivity contribution in [2.75, 3.05) is 0 Å². The minimum Gasteiger partial charge on any atom is -0.0625 e. The molecule has 0 nitrogen and oxygen atoms in total. The standard InChI is InChI=1S/2C9H10.C6H12/c2*1-2-5-9-7-3-6-8(9)4-1;1-5-3-6(2)4-5/h2*1-2,4-5H,3,6-7H2;5-6H,3-4H2,1-2H3. The average Bonchev–Trinajstić information content (AvgIpc) is 3.24. The third-order valence-electron chi connectivity index (χ3n) is 5.63. The fourth-order valence-electron chi connectivity index (χ4n) is 4.33. The zero-order chi connectivity index (χ0) is 16.8. The van der Waals surface area contributed by atoms with Crippen LogP contribution in [0.4, 0.5) is 0 Å². The van der Waals surface area contributed by atoms with Crippen LogP contribution in [0.2, 0.25) is 0 Å². The summed E-state index contributed by atoms with van der Waals surface area (Å²) in [6, 6.07) is 17.5. The molecule has 0 aromatic heterocycles. The maximum Gasteiger partial charge on any atom is -0.0273 e. The van der Waals surface area contributed by atoms with E-state index in [1.165, 1.54) is 51.4 Å². The van der Waals surface area contributed by atoms with Gasteiger partial charge in [-0.15, -0.1) is 0 Å². The van der Waals surface area contributed by atoms with E-state index in [4.69, 9.17) is 0 Å². The zero-order valence-electron chi connectivity index (χ0n) is 15.4. The fraction of sp³-hybridized carbons (Fsp3) is 0.500. The SMILES string of the molecule is CC1CC(C)C1.c1ccc2c(c1)CCC2.c1ccc2c(c1)CCC2. The largest absolute Gasteiger partial charge is 0.0625 e. The average molecular weight is 321 g/mol. The molecular weight excluding hydrogens is 288 g/mol. The molecule has 0 heteroatoms. The molecule has 0 atom stereocenters. The number of fused-ring (bicyclic) bond motifs is 2. The molecule has 2 aromatic carbocycles. The second kappa shape index (κ2) is 8.51. The Morgan fingerprint density at radius 1 is 0.542 bits per heavy atom. The smallest absolute Gasteiger partial charge is 0.0273 e.